The molecule has 0 spiro atoms. The van der Waals surface area contributed by atoms with Gasteiger partial charge in [-0.25, -0.2) is 0 Å². The minimum Gasteiger partial charge on any atom is -0.507 e. The van der Waals surface area contributed by atoms with Crippen molar-refractivity contribution in [3.05, 3.63) is 29.3 Å². The van der Waals surface area contributed by atoms with Crippen LogP contribution in [0.25, 0.3) is 0 Å². The lowest BCUT2D eigenvalue weighted by Crippen LogP contribution is -2.50. The van der Waals surface area contributed by atoms with Crippen molar-refractivity contribution in [3.63, 3.8) is 0 Å². The van der Waals surface area contributed by atoms with E-state index in [1.54, 1.807) is 23.1 Å². The number of aryl methyl sites for hydroxylation is 1. The third-order valence-corrected chi connectivity index (χ3v) is 4.84. The Morgan fingerprint density at radius 2 is 1.68 bits per heavy atom. The highest BCUT2D eigenvalue weighted by Gasteiger charge is 2.30. The Hall–Kier alpha value is -2.41. The van der Waals surface area contributed by atoms with Gasteiger partial charge in [0.2, 0.25) is 11.8 Å². The normalized spacial score (nSPS) is 18.9. The molecule has 2 aliphatic rings. The molecular formula is C18H23N3O4. The number of carbonyl (C=O) groups excluding carboxylic acids is 3. The van der Waals surface area contributed by atoms with Gasteiger partial charge in [-0.1, -0.05) is 11.6 Å². The Morgan fingerprint density at radius 3 is 2.32 bits per heavy atom. The van der Waals surface area contributed by atoms with Crippen LogP contribution in [0.5, 0.6) is 5.75 Å². The Labute approximate surface area is 146 Å². The summed E-state index contributed by atoms with van der Waals surface area (Å²) in [4.78, 5) is 41.1. The quantitative estimate of drug-likeness (QED) is 0.809. The molecule has 134 valence electrons. The summed E-state index contributed by atoms with van der Waals surface area (Å²) in [5.41, 5.74) is 1.27. The van der Waals surface area contributed by atoms with E-state index in [4.69, 9.17) is 0 Å². The van der Waals surface area contributed by atoms with Crippen LogP contribution < -0.4 is 0 Å². The van der Waals surface area contributed by atoms with Gasteiger partial charge in [0, 0.05) is 52.1 Å². The summed E-state index contributed by atoms with van der Waals surface area (Å²) >= 11 is 0. The van der Waals surface area contributed by atoms with Crippen molar-refractivity contribution in [2.24, 2.45) is 0 Å². The first-order chi connectivity index (χ1) is 12.0. The monoisotopic (exact) mass is 345 g/mol. The molecule has 3 amide bonds. The minimum atomic E-state index is -0.161. The van der Waals surface area contributed by atoms with Crippen molar-refractivity contribution >= 4 is 17.7 Å². The molecule has 0 saturated carbocycles. The van der Waals surface area contributed by atoms with E-state index in [0.29, 0.717) is 57.7 Å². The number of imide groups is 1. The van der Waals surface area contributed by atoms with Crippen LogP contribution in [0.1, 0.15) is 28.8 Å². The molecule has 7 nitrogen and oxygen atoms in total. The fraction of sp³-hybridized carbons (Fsp3) is 0.500. The van der Waals surface area contributed by atoms with Gasteiger partial charge in [0.1, 0.15) is 5.75 Å². The number of hydrogen-bond donors (Lipinski definition) is 1. The van der Waals surface area contributed by atoms with E-state index in [9.17, 15) is 19.5 Å². The van der Waals surface area contributed by atoms with Crippen molar-refractivity contribution in [2.45, 2.75) is 19.8 Å². The molecule has 25 heavy (non-hydrogen) atoms. The van der Waals surface area contributed by atoms with E-state index >= 15 is 0 Å². The third-order valence-electron chi connectivity index (χ3n) is 4.84. The third kappa shape index (κ3) is 3.82. The summed E-state index contributed by atoms with van der Waals surface area (Å²) in [6, 6.07) is 5.02. The molecule has 1 aromatic carbocycles. The predicted molar refractivity (Wildman–Crippen MR) is 91.1 cm³/mol. The molecular weight excluding hydrogens is 322 g/mol. The number of piperazine rings is 1. The number of phenols is 1. The number of likely N-dealkylation sites (tertiary alicyclic amines) is 1. The summed E-state index contributed by atoms with van der Waals surface area (Å²) in [5.74, 6) is -0.336. The van der Waals surface area contributed by atoms with Crippen molar-refractivity contribution in [3.8, 4) is 5.75 Å². The molecule has 1 aromatic rings. The number of benzene rings is 1. The molecule has 0 radical (unpaired) electrons. The number of amides is 3. The molecule has 0 unspecified atom stereocenters. The maximum atomic E-state index is 12.6. The zero-order valence-corrected chi connectivity index (χ0v) is 14.4. The lowest BCUT2D eigenvalue weighted by molar-refractivity contribution is -0.138. The van der Waals surface area contributed by atoms with Crippen LogP contribution in [-0.4, -0.2) is 76.8 Å². The van der Waals surface area contributed by atoms with Gasteiger partial charge in [0.25, 0.3) is 5.91 Å². The van der Waals surface area contributed by atoms with E-state index in [-0.39, 0.29) is 23.5 Å². The largest absolute Gasteiger partial charge is 0.507 e. The number of phenolic OH excluding ortho intramolecular Hbond substituents is 1. The van der Waals surface area contributed by atoms with Crippen LogP contribution in [-0.2, 0) is 9.59 Å². The first-order valence-corrected chi connectivity index (χ1v) is 8.60. The molecule has 0 atom stereocenters. The zero-order valence-electron chi connectivity index (χ0n) is 14.4. The van der Waals surface area contributed by atoms with Crippen molar-refractivity contribution in [2.75, 3.05) is 39.3 Å². The average Bonchev–Trinajstić information content (AvgIpc) is 2.93. The zero-order chi connectivity index (χ0) is 18.0. The van der Waals surface area contributed by atoms with Crippen molar-refractivity contribution in [1.82, 2.24) is 14.7 Å². The number of hydrogen-bond acceptors (Lipinski definition) is 5. The molecule has 3 rings (SSSR count). The highest BCUT2D eigenvalue weighted by Crippen LogP contribution is 2.21. The fourth-order valence-electron chi connectivity index (χ4n) is 3.28. The summed E-state index contributed by atoms with van der Waals surface area (Å²) in [7, 11) is 0. The standard InChI is InChI=1S/C18H23N3O4/c1-13-2-3-15(22)14(12-13)18(25)20-9-6-19(7-10-20)8-11-21-16(23)4-5-17(21)24/h2-3,12,22H,4-11H2,1H3. The Morgan fingerprint density at radius 1 is 1.04 bits per heavy atom. The Bertz CT molecular complexity index is 680. The van der Waals surface area contributed by atoms with Crippen LogP contribution in [0.4, 0.5) is 0 Å². The predicted octanol–water partition coefficient (Wildman–Crippen LogP) is 0.607. The van der Waals surface area contributed by atoms with E-state index in [2.05, 4.69) is 4.90 Å². The van der Waals surface area contributed by atoms with Gasteiger partial charge in [0.05, 0.1) is 5.56 Å². The number of nitrogens with zero attached hydrogens (tertiary/aromatic N) is 3. The van der Waals surface area contributed by atoms with Crippen LogP contribution in [0.15, 0.2) is 18.2 Å². The number of rotatable bonds is 4. The molecule has 2 saturated heterocycles. The van der Waals surface area contributed by atoms with Crippen LogP contribution >= 0.6 is 0 Å². The Balaban J connectivity index is 1.51. The SMILES string of the molecule is Cc1ccc(O)c(C(=O)N2CCN(CCN3C(=O)CCC3=O)CC2)c1. The lowest BCUT2D eigenvalue weighted by Gasteiger charge is -2.35. The Kier molecular flexibility index (Phi) is 5.03. The summed E-state index contributed by atoms with van der Waals surface area (Å²) in [6.07, 6.45) is 0.641. The average molecular weight is 345 g/mol. The van der Waals surface area contributed by atoms with E-state index in [1.807, 2.05) is 6.92 Å². The second kappa shape index (κ2) is 7.23. The van der Waals surface area contributed by atoms with Crippen molar-refractivity contribution in [1.29, 1.82) is 0 Å². The second-order valence-electron chi connectivity index (χ2n) is 6.59. The second-order valence-corrected chi connectivity index (χ2v) is 6.59. The summed E-state index contributed by atoms with van der Waals surface area (Å²) in [6.45, 7) is 5.44. The van der Waals surface area contributed by atoms with Gasteiger partial charge in [0.15, 0.2) is 0 Å². The number of aromatic hydroxyl groups is 1. The fourth-order valence-corrected chi connectivity index (χ4v) is 3.28. The van der Waals surface area contributed by atoms with E-state index < -0.39 is 0 Å². The van der Waals surface area contributed by atoms with Gasteiger partial charge in [-0.15, -0.1) is 0 Å². The molecule has 0 aliphatic carbocycles. The molecule has 0 aromatic heterocycles. The van der Waals surface area contributed by atoms with Gasteiger partial charge in [-0.2, -0.15) is 0 Å². The van der Waals surface area contributed by atoms with Gasteiger partial charge < -0.3 is 10.0 Å². The highest BCUT2D eigenvalue weighted by atomic mass is 16.3. The first-order valence-electron chi connectivity index (χ1n) is 8.60. The smallest absolute Gasteiger partial charge is 0.257 e. The molecule has 7 heteroatoms. The minimum absolute atomic E-state index is 0.00378. The maximum Gasteiger partial charge on any atom is 0.257 e. The molecule has 2 fully saturated rings. The van der Waals surface area contributed by atoms with Gasteiger partial charge in [-0.3, -0.25) is 24.2 Å². The topological polar surface area (TPSA) is 81.2 Å². The molecule has 2 heterocycles. The lowest BCUT2D eigenvalue weighted by atomic mass is 10.1. The molecule has 1 N–H and O–H groups in total. The van der Waals surface area contributed by atoms with E-state index in [1.165, 1.54) is 4.90 Å². The molecule has 0 bridgehead atoms. The molecule has 2 aliphatic heterocycles. The van der Waals surface area contributed by atoms with E-state index in [0.717, 1.165) is 5.56 Å². The number of carbonyl (C=O) groups is 3. The van der Waals surface area contributed by atoms with Crippen LogP contribution in [0.2, 0.25) is 0 Å². The first kappa shape index (κ1) is 17.4. The highest BCUT2D eigenvalue weighted by molar-refractivity contribution is 6.01. The summed E-state index contributed by atoms with van der Waals surface area (Å²) in [5, 5.41) is 9.92. The summed E-state index contributed by atoms with van der Waals surface area (Å²) < 4.78 is 0. The maximum absolute atomic E-state index is 12.6. The van der Waals surface area contributed by atoms with Gasteiger partial charge in [-0.05, 0) is 19.1 Å². The van der Waals surface area contributed by atoms with Crippen LogP contribution in [0, 0.1) is 6.92 Å². The van der Waals surface area contributed by atoms with Crippen molar-refractivity contribution < 1.29 is 19.5 Å². The van der Waals surface area contributed by atoms with Crippen LogP contribution in [0.3, 0.4) is 0 Å². The van der Waals surface area contributed by atoms with Gasteiger partial charge >= 0.3 is 0 Å².